The van der Waals surface area contributed by atoms with E-state index in [1.807, 2.05) is 18.2 Å². The summed E-state index contributed by atoms with van der Waals surface area (Å²) >= 11 is 3.57. The average Bonchev–Trinajstić information content (AvgIpc) is 3.26. The van der Waals surface area contributed by atoms with E-state index in [0.29, 0.717) is 19.2 Å². The van der Waals surface area contributed by atoms with Crippen molar-refractivity contribution < 1.29 is 9.53 Å². The van der Waals surface area contributed by atoms with Gasteiger partial charge in [-0.15, -0.1) is 0 Å². The lowest BCUT2D eigenvalue weighted by Crippen LogP contribution is -2.49. The zero-order valence-corrected chi connectivity index (χ0v) is 12.9. The summed E-state index contributed by atoms with van der Waals surface area (Å²) in [7, 11) is 0. The number of halogens is 1. The number of ether oxygens (including phenoxy) is 1. The van der Waals surface area contributed by atoms with Crippen LogP contribution in [0.15, 0.2) is 28.7 Å². The van der Waals surface area contributed by atoms with Crippen molar-refractivity contribution in [2.75, 3.05) is 19.7 Å². The summed E-state index contributed by atoms with van der Waals surface area (Å²) < 4.78 is 6.72. The molecule has 1 N–H and O–H groups in total. The van der Waals surface area contributed by atoms with Gasteiger partial charge in [-0.2, -0.15) is 0 Å². The first-order valence-corrected chi connectivity index (χ1v) is 7.89. The first-order chi connectivity index (χ1) is 9.72. The molecule has 1 saturated heterocycles. The molecule has 0 radical (unpaired) electrons. The number of rotatable bonds is 4. The van der Waals surface area contributed by atoms with Crippen LogP contribution in [0.3, 0.4) is 0 Å². The van der Waals surface area contributed by atoms with Gasteiger partial charge < -0.3 is 10.1 Å². The fraction of sp³-hybridized carbons (Fsp3) is 0.533. The molecule has 1 aromatic rings. The lowest BCUT2D eigenvalue weighted by Gasteiger charge is -2.32. The number of carbonyl (C=O) groups excluding carboxylic acids is 1. The Bertz CT molecular complexity index is 491. The van der Waals surface area contributed by atoms with Crippen LogP contribution in [-0.2, 0) is 16.1 Å². The highest BCUT2D eigenvalue weighted by Crippen LogP contribution is 2.21. The SMILES string of the molecule is O=C(NC1CC1)C1CN(Cc2ccccc2Br)CCO1. The van der Waals surface area contributed by atoms with Gasteiger partial charge in [-0.05, 0) is 24.5 Å². The Morgan fingerprint density at radius 2 is 2.20 bits per heavy atom. The summed E-state index contributed by atoms with van der Waals surface area (Å²) in [5.74, 6) is 0.0457. The van der Waals surface area contributed by atoms with Crippen LogP contribution in [-0.4, -0.2) is 42.6 Å². The molecular weight excluding hydrogens is 320 g/mol. The normalized spacial score (nSPS) is 23.6. The third kappa shape index (κ3) is 3.59. The number of carbonyl (C=O) groups is 1. The van der Waals surface area contributed by atoms with Crippen molar-refractivity contribution in [1.29, 1.82) is 0 Å². The Hall–Kier alpha value is -0.910. The molecule has 1 atom stereocenters. The molecule has 5 heteroatoms. The largest absolute Gasteiger partial charge is 0.366 e. The van der Waals surface area contributed by atoms with E-state index in [4.69, 9.17) is 4.74 Å². The van der Waals surface area contributed by atoms with E-state index in [1.54, 1.807) is 0 Å². The predicted octanol–water partition coefficient (Wildman–Crippen LogP) is 1.93. The molecule has 1 heterocycles. The van der Waals surface area contributed by atoms with E-state index < -0.39 is 0 Å². The van der Waals surface area contributed by atoms with Crippen molar-refractivity contribution >= 4 is 21.8 Å². The van der Waals surface area contributed by atoms with Gasteiger partial charge in [-0.1, -0.05) is 34.1 Å². The molecule has 2 fully saturated rings. The van der Waals surface area contributed by atoms with E-state index in [2.05, 4.69) is 32.2 Å². The average molecular weight is 339 g/mol. The predicted molar refractivity (Wildman–Crippen MR) is 80.3 cm³/mol. The number of morpholine rings is 1. The summed E-state index contributed by atoms with van der Waals surface area (Å²) in [6.07, 6.45) is 1.89. The van der Waals surface area contributed by atoms with Crippen molar-refractivity contribution in [2.45, 2.75) is 31.5 Å². The van der Waals surface area contributed by atoms with Crippen LogP contribution in [0.1, 0.15) is 18.4 Å². The summed E-state index contributed by atoms with van der Waals surface area (Å²) in [6, 6.07) is 8.60. The molecule has 3 rings (SSSR count). The van der Waals surface area contributed by atoms with Gasteiger partial charge in [0, 0.05) is 30.1 Å². The third-order valence-electron chi connectivity index (χ3n) is 3.72. The van der Waals surface area contributed by atoms with Crippen LogP contribution < -0.4 is 5.32 Å². The van der Waals surface area contributed by atoms with Crippen LogP contribution in [0.4, 0.5) is 0 Å². The molecule has 1 aliphatic carbocycles. The Morgan fingerprint density at radius 3 is 2.95 bits per heavy atom. The van der Waals surface area contributed by atoms with Gasteiger partial charge in [0.1, 0.15) is 6.10 Å². The van der Waals surface area contributed by atoms with E-state index in [1.165, 1.54) is 5.56 Å². The van der Waals surface area contributed by atoms with E-state index in [0.717, 1.165) is 30.4 Å². The minimum Gasteiger partial charge on any atom is -0.366 e. The highest BCUT2D eigenvalue weighted by Gasteiger charge is 2.31. The van der Waals surface area contributed by atoms with Crippen molar-refractivity contribution in [3.8, 4) is 0 Å². The lowest BCUT2D eigenvalue weighted by atomic mass is 10.2. The van der Waals surface area contributed by atoms with Gasteiger partial charge in [0.25, 0.3) is 5.91 Å². The highest BCUT2D eigenvalue weighted by molar-refractivity contribution is 9.10. The number of hydrogen-bond donors (Lipinski definition) is 1. The molecule has 1 aromatic carbocycles. The van der Waals surface area contributed by atoms with E-state index in [9.17, 15) is 4.79 Å². The second-order valence-electron chi connectivity index (χ2n) is 5.47. The number of nitrogens with one attached hydrogen (secondary N) is 1. The summed E-state index contributed by atoms with van der Waals surface area (Å²) in [5.41, 5.74) is 1.25. The fourth-order valence-electron chi connectivity index (χ4n) is 2.39. The first-order valence-electron chi connectivity index (χ1n) is 7.10. The van der Waals surface area contributed by atoms with Gasteiger partial charge >= 0.3 is 0 Å². The summed E-state index contributed by atoms with van der Waals surface area (Å²) in [5, 5.41) is 3.02. The van der Waals surface area contributed by atoms with Gasteiger partial charge in [0.2, 0.25) is 0 Å². The summed E-state index contributed by atoms with van der Waals surface area (Å²) in [4.78, 5) is 14.3. The molecule has 0 bridgehead atoms. The second-order valence-corrected chi connectivity index (χ2v) is 6.32. The van der Waals surface area contributed by atoms with Crippen LogP contribution in [0, 0.1) is 0 Å². The monoisotopic (exact) mass is 338 g/mol. The van der Waals surface area contributed by atoms with Gasteiger partial charge in [-0.3, -0.25) is 9.69 Å². The molecule has 108 valence electrons. The number of hydrogen-bond acceptors (Lipinski definition) is 3. The number of nitrogens with zero attached hydrogens (tertiary/aromatic N) is 1. The summed E-state index contributed by atoms with van der Waals surface area (Å²) in [6.45, 7) is 3.00. The number of amides is 1. The maximum atomic E-state index is 12.0. The Balaban J connectivity index is 1.57. The Morgan fingerprint density at radius 1 is 1.40 bits per heavy atom. The molecule has 20 heavy (non-hydrogen) atoms. The smallest absolute Gasteiger partial charge is 0.250 e. The van der Waals surface area contributed by atoms with Crippen molar-refractivity contribution in [1.82, 2.24) is 10.2 Å². The molecule has 1 unspecified atom stereocenters. The van der Waals surface area contributed by atoms with E-state index in [-0.39, 0.29) is 12.0 Å². The molecule has 4 nitrogen and oxygen atoms in total. The zero-order valence-electron chi connectivity index (χ0n) is 11.3. The van der Waals surface area contributed by atoms with Crippen LogP contribution >= 0.6 is 15.9 Å². The third-order valence-corrected chi connectivity index (χ3v) is 4.49. The topological polar surface area (TPSA) is 41.6 Å². The van der Waals surface area contributed by atoms with Crippen molar-refractivity contribution in [2.24, 2.45) is 0 Å². The molecule has 1 aliphatic heterocycles. The van der Waals surface area contributed by atoms with Crippen LogP contribution in [0.2, 0.25) is 0 Å². The Labute approximate surface area is 127 Å². The molecule has 1 amide bonds. The highest BCUT2D eigenvalue weighted by atomic mass is 79.9. The van der Waals surface area contributed by atoms with E-state index >= 15 is 0 Å². The molecular formula is C15H19BrN2O2. The minimum atomic E-state index is -0.327. The first kappa shape index (κ1) is 14.0. The van der Waals surface area contributed by atoms with Gasteiger partial charge in [0.15, 0.2) is 0 Å². The standard InChI is InChI=1S/C15H19BrN2O2/c16-13-4-2-1-3-11(13)9-18-7-8-20-14(10-18)15(19)17-12-5-6-12/h1-4,12,14H,5-10H2,(H,17,19). The minimum absolute atomic E-state index is 0.0457. The maximum Gasteiger partial charge on any atom is 0.250 e. The van der Waals surface area contributed by atoms with Crippen LogP contribution in [0.5, 0.6) is 0 Å². The zero-order chi connectivity index (χ0) is 13.9. The molecule has 1 saturated carbocycles. The van der Waals surface area contributed by atoms with Gasteiger partial charge in [-0.25, -0.2) is 0 Å². The maximum absolute atomic E-state index is 12.0. The number of benzene rings is 1. The Kier molecular flexibility index (Phi) is 4.38. The second kappa shape index (κ2) is 6.24. The van der Waals surface area contributed by atoms with Crippen molar-refractivity contribution in [3.63, 3.8) is 0 Å². The van der Waals surface area contributed by atoms with Crippen LogP contribution in [0.25, 0.3) is 0 Å². The lowest BCUT2D eigenvalue weighted by molar-refractivity contribution is -0.138. The fourth-order valence-corrected chi connectivity index (χ4v) is 2.80. The molecule has 0 spiro atoms. The van der Waals surface area contributed by atoms with Crippen molar-refractivity contribution in [3.05, 3.63) is 34.3 Å². The molecule has 2 aliphatic rings. The van der Waals surface area contributed by atoms with Gasteiger partial charge in [0.05, 0.1) is 6.61 Å². The quantitative estimate of drug-likeness (QED) is 0.911. The molecule has 0 aromatic heterocycles.